The number of nitriles is 1. The molecule has 0 aliphatic heterocycles. The number of ether oxygens (including phenoxy) is 1. The molecule has 0 fully saturated rings. The number of carbonyl (C=O) groups is 1. The molecule has 0 atom stereocenters. The number of benzene rings is 1. The summed E-state index contributed by atoms with van der Waals surface area (Å²) in [6.45, 7) is 2.49. The monoisotopic (exact) mass is 566 g/mol. The third-order valence-electron chi connectivity index (χ3n) is 5.53. The Balaban J connectivity index is 2.11. The van der Waals surface area contributed by atoms with Gasteiger partial charge >= 0.3 is 12.3 Å². The fourth-order valence-corrected chi connectivity index (χ4v) is 3.42. The standard InChI is InChI=1S/C25H20F6N6O3/c1-13(3-4-18(34-12-38)17-8-35-36-9-17)10-37-11-33-21(25(30,31)24(28)29)20(23(37)39)40-19-6-15(22(26)27)5-16(7-32)14(19)2/h3-6,8-9,11-12,22,24H,10H2,1-2H3,(H,34,38)(H,35,36)/b13-3+,18-4-. The van der Waals surface area contributed by atoms with E-state index in [1.165, 1.54) is 38.4 Å². The van der Waals surface area contributed by atoms with Crippen LogP contribution in [-0.2, 0) is 17.3 Å². The quantitative estimate of drug-likeness (QED) is 0.192. The summed E-state index contributed by atoms with van der Waals surface area (Å²) in [6, 6.07) is 3.21. The highest BCUT2D eigenvalue weighted by molar-refractivity contribution is 5.74. The first-order valence-electron chi connectivity index (χ1n) is 11.2. The molecule has 2 aromatic heterocycles. The first-order valence-corrected chi connectivity index (χ1v) is 11.2. The average molecular weight is 566 g/mol. The van der Waals surface area contributed by atoms with Crippen molar-refractivity contribution < 1.29 is 35.9 Å². The second-order valence-electron chi connectivity index (χ2n) is 8.33. The van der Waals surface area contributed by atoms with Crippen LogP contribution in [0.2, 0.25) is 0 Å². The second-order valence-corrected chi connectivity index (χ2v) is 8.33. The summed E-state index contributed by atoms with van der Waals surface area (Å²) in [5.41, 5.74) is -2.88. The number of H-pyrrole nitrogens is 1. The van der Waals surface area contributed by atoms with Crippen LogP contribution < -0.4 is 15.6 Å². The van der Waals surface area contributed by atoms with Crippen LogP contribution >= 0.6 is 0 Å². The summed E-state index contributed by atoms with van der Waals surface area (Å²) in [6.07, 6.45) is -0.475. The zero-order chi connectivity index (χ0) is 29.6. The molecule has 1 aromatic carbocycles. The fourth-order valence-electron chi connectivity index (χ4n) is 3.42. The van der Waals surface area contributed by atoms with E-state index in [2.05, 4.69) is 20.5 Å². The van der Waals surface area contributed by atoms with Crippen molar-refractivity contribution in [3.63, 3.8) is 0 Å². The van der Waals surface area contributed by atoms with Gasteiger partial charge in [-0.25, -0.2) is 22.5 Å². The van der Waals surface area contributed by atoms with Crippen LogP contribution in [0.25, 0.3) is 5.70 Å². The molecule has 0 unspecified atom stereocenters. The fraction of sp³-hybridized carbons (Fsp3) is 0.240. The Labute approximate surface area is 222 Å². The van der Waals surface area contributed by atoms with Gasteiger partial charge < -0.3 is 10.1 Å². The Bertz CT molecular complexity index is 1540. The molecule has 1 amide bonds. The summed E-state index contributed by atoms with van der Waals surface area (Å²) >= 11 is 0. The number of nitrogens with one attached hydrogen (secondary N) is 2. The molecular weight excluding hydrogens is 546 g/mol. The Morgan fingerprint density at radius 3 is 2.58 bits per heavy atom. The maximum atomic E-state index is 14.4. The summed E-state index contributed by atoms with van der Waals surface area (Å²) in [4.78, 5) is 27.5. The van der Waals surface area contributed by atoms with Crippen molar-refractivity contribution in [2.75, 3.05) is 0 Å². The maximum Gasteiger partial charge on any atom is 0.352 e. The van der Waals surface area contributed by atoms with Gasteiger partial charge in [0.25, 0.3) is 12.0 Å². The van der Waals surface area contributed by atoms with Gasteiger partial charge in [0, 0.05) is 29.4 Å². The Hall–Kier alpha value is -4.87. The van der Waals surface area contributed by atoms with E-state index in [9.17, 15) is 41.2 Å². The van der Waals surface area contributed by atoms with Gasteiger partial charge in [-0.1, -0.05) is 11.6 Å². The molecule has 15 heteroatoms. The molecule has 0 saturated carbocycles. The molecule has 3 aromatic rings. The van der Waals surface area contributed by atoms with Crippen molar-refractivity contribution in [1.82, 2.24) is 25.1 Å². The number of hydrogen-bond donors (Lipinski definition) is 2. The van der Waals surface area contributed by atoms with E-state index in [0.29, 0.717) is 29.6 Å². The molecule has 3 rings (SSSR count). The highest BCUT2D eigenvalue weighted by Crippen LogP contribution is 2.39. The number of amides is 1. The van der Waals surface area contributed by atoms with Crippen LogP contribution in [-0.4, -0.2) is 32.6 Å². The molecule has 0 spiro atoms. The second kappa shape index (κ2) is 12.3. The van der Waals surface area contributed by atoms with E-state index in [1.54, 1.807) is 6.07 Å². The van der Waals surface area contributed by atoms with Crippen LogP contribution in [0.1, 0.15) is 41.3 Å². The van der Waals surface area contributed by atoms with Crippen molar-refractivity contribution in [3.8, 4) is 17.6 Å². The van der Waals surface area contributed by atoms with Gasteiger partial charge in [0.15, 0.2) is 5.69 Å². The van der Waals surface area contributed by atoms with Crippen LogP contribution in [0.4, 0.5) is 26.3 Å². The van der Waals surface area contributed by atoms with Crippen molar-refractivity contribution in [3.05, 3.63) is 86.9 Å². The van der Waals surface area contributed by atoms with Gasteiger partial charge in [0.1, 0.15) is 5.75 Å². The Kier molecular flexibility index (Phi) is 9.15. The molecule has 0 radical (unpaired) electrons. The van der Waals surface area contributed by atoms with Gasteiger partial charge in [-0.2, -0.15) is 19.1 Å². The Morgan fingerprint density at radius 2 is 2.00 bits per heavy atom. The zero-order valence-electron chi connectivity index (χ0n) is 20.8. The van der Waals surface area contributed by atoms with Crippen molar-refractivity contribution in [2.24, 2.45) is 0 Å². The number of allylic oxidation sites excluding steroid dienone is 3. The topological polar surface area (TPSA) is 126 Å². The third kappa shape index (κ3) is 6.40. The summed E-state index contributed by atoms with van der Waals surface area (Å²) in [5, 5.41) is 18.1. The van der Waals surface area contributed by atoms with E-state index >= 15 is 0 Å². The molecule has 0 bridgehead atoms. The minimum absolute atomic E-state index is 0.0938. The van der Waals surface area contributed by atoms with E-state index in [1.807, 2.05) is 0 Å². The third-order valence-corrected chi connectivity index (χ3v) is 5.53. The highest BCUT2D eigenvalue weighted by atomic mass is 19.3. The van der Waals surface area contributed by atoms with Gasteiger partial charge in [0.2, 0.25) is 12.2 Å². The minimum atomic E-state index is -4.94. The van der Waals surface area contributed by atoms with E-state index in [4.69, 9.17) is 4.74 Å². The number of halogens is 6. The number of nitrogens with zero attached hydrogens (tertiary/aromatic N) is 4. The molecule has 9 nitrogen and oxygen atoms in total. The number of carbonyl (C=O) groups excluding carboxylic acids is 1. The van der Waals surface area contributed by atoms with Crippen molar-refractivity contribution >= 4 is 12.1 Å². The first-order chi connectivity index (χ1) is 18.9. The molecule has 2 N–H and O–H groups in total. The molecule has 210 valence electrons. The Morgan fingerprint density at radius 1 is 1.27 bits per heavy atom. The zero-order valence-corrected chi connectivity index (χ0v) is 20.8. The van der Waals surface area contributed by atoms with Gasteiger partial charge in [-0.3, -0.25) is 19.3 Å². The summed E-state index contributed by atoms with van der Waals surface area (Å²) in [5.74, 6) is -6.85. The smallest absolute Gasteiger partial charge is 0.352 e. The van der Waals surface area contributed by atoms with Crippen molar-refractivity contribution in [1.29, 1.82) is 5.26 Å². The van der Waals surface area contributed by atoms with Crippen LogP contribution in [0.5, 0.6) is 11.5 Å². The number of hydrogen-bond acceptors (Lipinski definition) is 6. The summed E-state index contributed by atoms with van der Waals surface area (Å²) in [7, 11) is 0. The molecule has 0 aliphatic carbocycles. The molecule has 40 heavy (non-hydrogen) atoms. The van der Waals surface area contributed by atoms with E-state index in [0.717, 1.165) is 16.7 Å². The van der Waals surface area contributed by atoms with Crippen molar-refractivity contribution in [2.45, 2.75) is 39.2 Å². The van der Waals surface area contributed by atoms with Crippen LogP contribution in [0.3, 0.4) is 0 Å². The van der Waals surface area contributed by atoms with Crippen LogP contribution in [0.15, 0.2) is 53.4 Å². The predicted molar refractivity (Wildman–Crippen MR) is 129 cm³/mol. The number of alkyl halides is 6. The SMILES string of the molecule is C/C(=C\C=C(/NC=O)c1cn[nH]c1)Cn1cnc(C(F)(F)C(F)F)c(Oc2cc(C(F)F)cc(C#N)c2C)c1=O. The minimum Gasteiger partial charge on any atom is -0.449 e. The normalized spacial score (nSPS) is 12.5. The van der Waals surface area contributed by atoms with Gasteiger partial charge in [-0.15, -0.1) is 0 Å². The van der Waals surface area contributed by atoms with Crippen LogP contribution in [0, 0.1) is 18.3 Å². The largest absolute Gasteiger partial charge is 0.449 e. The average Bonchev–Trinajstić information content (AvgIpc) is 3.44. The molecular formula is C25H20F6N6O3. The molecule has 0 saturated heterocycles. The lowest BCUT2D eigenvalue weighted by atomic mass is 10.0. The maximum absolute atomic E-state index is 14.4. The lowest BCUT2D eigenvalue weighted by Gasteiger charge is -2.20. The van der Waals surface area contributed by atoms with Gasteiger partial charge in [-0.05, 0) is 32.1 Å². The lowest BCUT2D eigenvalue weighted by molar-refractivity contribution is -0.139. The highest BCUT2D eigenvalue weighted by Gasteiger charge is 2.48. The summed E-state index contributed by atoms with van der Waals surface area (Å²) < 4.78 is 88.0. The molecule has 2 heterocycles. The van der Waals surface area contributed by atoms with E-state index < -0.39 is 47.1 Å². The molecule has 0 aliphatic rings. The first kappa shape index (κ1) is 29.7. The number of aromatic nitrogens is 4. The van der Waals surface area contributed by atoms with Gasteiger partial charge in [0.05, 0.1) is 29.9 Å². The lowest BCUT2D eigenvalue weighted by Crippen LogP contribution is -2.31. The number of rotatable bonds is 11. The number of aromatic amines is 1. The predicted octanol–water partition coefficient (Wildman–Crippen LogP) is 4.97. The van der Waals surface area contributed by atoms with E-state index in [-0.39, 0.29) is 17.7 Å².